The van der Waals surface area contributed by atoms with E-state index >= 15 is 0 Å². The molecule has 2 nitrogen and oxygen atoms in total. The van der Waals surface area contributed by atoms with E-state index in [0.717, 1.165) is 19.5 Å². The summed E-state index contributed by atoms with van der Waals surface area (Å²) in [4.78, 5) is 3.49. The van der Waals surface area contributed by atoms with E-state index in [2.05, 4.69) is 48.5 Å². The molecule has 0 atom stereocenters. The van der Waals surface area contributed by atoms with Crippen LogP contribution in [0.15, 0.2) is 12.2 Å². The van der Waals surface area contributed by atoms with Crippen molar-refractivity contribution in [3.63, 3.8) is 0 Å². The van der Waals surface area contributed by atoms with E-state index < -0.39 is 0 Å². The van der Waals surface area contributed by atoms with Gasteiger partial charge in [-0.1, -0.05) is 18.2 Å². The van der Waals surface area contributed by atoms with Gasteiger partial charge in [-0.25, -0.2) is 0 Å². The maximum Gasteiger partial charge on any atom is 0.0455 e. The molecule has 15 heavy (non-hydrogen) atoms. The molecule has 0 amide bonds. The van der Waals surface area contributed by atoms with Gasteiger partial charge in [-0.3, -0.25) is 0 Å². The van der Waals surface area contributed by atoms with Gasteiger partial charge in [-0.15, -0.1) is 0 Å². The lowest BCUT2D eigenvalue weighted by Crippen LogP contribution is -2.23. The molecule has 0 aromatic carbocycles. The van der Waals surface area contributed by atoms with Crippen LogP contribution < -0.4 is 5.32 Å². The van der Waals surface area contributed by atoms with Crippen LogP contribution in [0.1, 0.15) is 36.4 Å². The number of allylic oxidation sites excluding steroid dienone is 2. The number of H-pyrrole nitrogens is 1. The standard InChI is InChI=1S/C13H18N2/c1-3-5-10-11-7-8-14-9-13(11)15-12(10)6-4-2/h3-6,14-15H,7-9H2,1-2H3/b5-3-,6-4-. The Balaban J connectivity index is 2.50. The molecule has 0 saturated heterocycles. The second-order valence-electron chi connectivity index (χ2n) is 3.84. The first kappa shape index (κ1) is 10.2. The zero-order valence-electron chi connectivity index (χ0n) is 9.43. The van der Waals surface area contributed by atoms with Crippen molar-refractivity contribution in [3.05, 3.63) is 34.7 Å². The Morgan fingerprint density at radius 1 is 1.13 bits per heavy atom. The summed E-state index contributed by atoms with van der Waals surface area (Å²) in [6.07, 6.45) is 9.67. The number of nitrogens with one attached hydrogen (secondary N) is 2. The van der Waals surface area contributed by atoms with Crippen LogP contribution in [0.4, 0.5) is 0 Å². The van der Waals surface area contributed by atoms with Crippen LogP contribution in [0.25, 0.3) is 12.2 Å². The van der Waals surface area contributed by atoms with E-state index in [1.165, 1.54) is 22.5 Å². The molecular weight excluding hydrogens is 184 g/mol. The topological polar surface area (TPSA) is 27.8 Å². The lowest BCUT2D eigenvalue weighted by atomic mass is 10.0. The number of hydrogen-bond acceptors (Lipinski definition) is 1. The number of aromatic nitrogens is 1. The van der Waals surface area contributed by atoms with Crippen molar-refractivity contribution in [1.29, 1.82) is 0 Å². The third kappa shape index (κ3) is 1.90. The highest BCUT2D eigenvalue weighted by Gasteiger charge is 2.16. The lowest BCUT2D eigenvalue weighted by Gasteiger charge is -2.12. The molecule has 2 heteroatoms. The second-order valence-corrected chi connectivity index (χ2v) is 3.84. The van der Waals surface area contributed by atoms with Crippen molar-refractivity contribution >= 4 is 12.2 Å². The van der Waals surface area contributed by atoms with Gasteiger partial charge in [0.25, 0.3) is 0 Å². The minimum absolute atomic E-state index is 0.970. The minimum Gasteiger partial charge on any atom is -0.357 e. The third-order valence-corrected chi connectivity index (χ3v) is 2.79. The fraction of sp³-hybridized carbons (Fsp3) is 0.385. The maximum absolute atomic E-state index is 3.49. The van der Waals surface area contributed by atoms with Gasteiger partial charge in [0.05, 0.1) is 0 Å². The fourth-order valence-corrected chi connectivity index (χ4v) is 2.15. The molecule has 0 fully saturated rings. The van der Waals surface area contributed by atoms with E-state index in [-0.39, 0.29) is 0 Å². The van der Waals surface area contributed by atoms with Crippen molar-refractivity contribution < 1.29 is 0 Å². The summed E-state index contributed by atoms with van der Waals surface area (Å²) in [5, 5.41) is 3.39. The normalized spacial score (nSPS) is 16.4. The summed E-state index contributed by atoms with van der Waals surface area (Å²) in [6, 6.07) is 0. The van der Waals surface area contributed by atoms with Crippen LogP contribution in [-0.4, -0.2) is 11.5 Å². The number of aromatic amines is 1. The summed E-state index contributed by atoms with van der Waals surface area (Å²) in [7, 11) is 0. The zero-order valence-corrected chi connectivity index (χ0v) is 9.43. The molecular formula is C13H18N2. The third-order valence-electron chi connectivity index (χ3n) is 2.79. The molecule has 2 rings (SSSR count). The van der Waals surface area contributed by atoms with Crippen LogP contribution in [-0.2, 0) is 13.0 Å². The molecule has 0 unspecified atom stereocenters. The highest BCUT2D eigenvalue weighted by atomic mass is 14.9. The number of hydrogen-bond donors (Lipinski definition) is 2. The van der Waals surface area contributed by atoms with Gasteiger partial charge >= 0.3 is 0 Å². The average Bonchev–Trinajstić information content (AvgIpc) is 2.59. The van der Waals surface area contributed by atoms with Crippen LogP contribution >= 0.6 is 0 Å². The molecule has 80 valence electrons. The summed E-state index contributed by atoms with van der Waals surface area (Å²) in [5.41, 5.74) is 5.44. The van der Waals surface area contributed by atoms with Gasteiger partial charge in [-0.2, -0.15) is 0 Å². The maximum atomic E-state index is 3.49. The SMILES string of the molecule is C/C=C\c1[nH]c2c(c1/C=C\C)CCNC2. The second kappa shape index (κ2) is 4.49. The van der Waals surface area contributed by atoms with E-state index in [1.54, 1.807) is 0 Å². The molecule has 1 aliphatic rings. The van der Waals surface area contributed by atoms with Gasteiger partial charge < -0.3 is 10.3 Å². The number of fused-ring (bicyclic) bond motifs is 1. The number of rotatable bonds is 2. The Morgan fingerprint density at radius 3 is 2.67 bits per heavy atom. The van der Waals surface area contributed by atoms with Crippen LogP contribution in [0, 0.1) is 0 Å². The highest BCUT2D eigenvalue weighted by Crippen LogP contribution is 2.24. The van der Waals surface area contributed by atoms with Crippen LogP contribution in [0.3, 0.4) is 0 Å². The molecule has 1 aromatic heterocycles. The Labute approximate surface area is 91.1 Å². The highest BCUT2D eigenvalue weighted by molar-refractivity contribution is 5.67. The van der Waals surface area contributed by atoms with Gasteiger partial charge in [0.1, 0.15) is 0 Å². The molecule has 0 saturated carbocycles. The van der Waals surface area contributed by atoms with Gasteiger partial charge in [0.2, 0.25) is 0 Å². The van der Waals surface area contributed by atoms with Crippen molar-refractivity contribution in [2.75, 3.05) is 6.54 Å². The van der Waals surface area contributed by atoms with Crippen molar-refractivity contribution in [2.45, 2.75) is 26.8 Å². The van der Waals surface area contributed by atoms with E-state index in [9.17, 15) is 0 Å². The van der Waals surface area contributed by atoms with Crippen LogP contribution in [0.5, 0.6) is 0 Å². The molecule has 0 aliphatic carbocycles. The Bertz CT molecular complexity index is 397. The summed E-state index contributed by atoms with van der Waals surface area (Å²) in [5.74, 6) is 0. The van der Waals surface area contributed by atoms with E-state index in [1.807, 2.05) is 0 Å². The Hall–Kier alpha value is -1.28. The largest absolute Gasteiger partial charge is 0.357 e. The predicted octanol–water partition coefficient (Wildman–Crippen LogP) is 2.73. The monoisotopic (exact) mass is 202 g/mol. The Morgan fingerprint density at radius 2 is 1.93 bits per heavy atom. The first-order valence-corrected chi connectivity index (χ1v) is 5.56. The smallest absolute Gasteiger partial charge is 0.0455 e. The van der Waals surface area contributed by atoms with Crippen molar-refractivity contribution in [1.82, 2.24) is 10.3 Å². The van der Waals surface area contributed by atoms with Crippen molar-refractivity contribution in [3.8, 4) is 0 Å². The first-order chi connectivity index (χ1) is 7.36. The van der Waals surface area contributed by atoms with Gasteiger partial charge in [0.15, 0.2) is 0 Å². The minimum atomic E-state index is 0.970. The molecule has 2 heterocycles. The summed E-state index contributed by atoms with van der Waals surface area (Å²) in [6.45, 7) is 6.18. The molecule has 1 aliphatic heterocycles. The quantitative estimate of drug-likeness (QED) is 0.758. The fourth-order valence-electron chi connectivity index (χ4n) is 2.15. The summed E-state index contributed by atoms with van der Waals surface area (Å²) < 4.78 is 0. The van der Waals surface area contributed by atoms with E-state index in [0.29, 0.717) is 0 Å². The van der Waals surface area contributed by atoms with Crippen molar-refractivity contribution in [2.24, 2.45) is 0 Å². The molecule has 0 radical (unpaired) electrons. The lowest BCUT2D eigenvalue weighted by molar-refractivity contribution is 0.634. The molecule has 0 bridgehead atoms. The summed E-state index contributed by atoms with van der Waals surface area (Å²) >= 11 is 0. The molecule has 1 aromatic rings. The molecule has 2 N–H and O–H groups in total. The molecule has 0 spiro atoms. The zero-order chi connectivity index (χ0) is 10.7. The van der Waals surface area contributed by atoms with Gasteiger partial charge in [-0.05, 0) is 38.5 Å². The first-order valence-electron chi connectivity index (χ1n) is 5.56. The Kier molecular flexibility index (Phi) is 3.07. The van der Waals surface area contributed by atoms with Crippen LogP contribution in [0.2, 0.25) is 0 Å². The predicted molar refractivity (Wildman–Crippen MR) is 65.6 cm³/mol. The van der Waals surface area contributed by atoms with Gasteiger partial charge in [0, 0.05) is 23.5 Å². The van der Waals surface area contributed by atoms with E-state index in [4.69, 9.17) is 0 Å². The average molecular weight is 202 g/mol.